The van der Waals surface area contributed by atoms with Crippen molar-refractivity contribution in [1.29, 1.82) is 0 Å². The fourth-order valence-electron chi connectivity index (χ4n) is 2.51. The highest BCUT2D eigenvalue weighted by molar-refractivity contribution is 7.10. The first kappa shape index (κ1) is 14.1. The smallest absolute Gasteiger partial charge is 0.231 e. The van der Waals surface area contributed by atoms with Gasteiger partial charge in [0.2, 0.25) is 17.8 Å². The minimum absolute atomic E-state index is 0.274. The molecule has 0 amide bonds. The summed E-state index contributed by atoms with van der Waals surface area (Å²) in [5, 5.41) is 5.39. The molecule has 7 heteroatoms. The normalized spacial score (nSPS) is 14.6. The van der Waals surface area contributed by atoms with Gasteiger partial charge in [-0.15, -0.1) is 11.3 Å². The van der Waals surface area contributed by atoms with Crippen molar-refractivity contribution >= 4 is 29.2 Å². The quantitative estimate of drug-likeness (QED) is 0.882. The molecule has 1 saturated heterocycles. The largest absolute Gasteiger partial charge is 0.368 e. The second-order valence-electron chi connectivity index (χ2n) is 5.09. The Labute approximate surface area is 128 Å². The molecule has 21 heavy (non-hydrogen) atoms. The molecule has 0 atom stereocenters. The summed E-state index contributed by atoms with van der Waals surface area (Å²) in [6, 6.07) is 2.17. The Kier molecular flexibility index (Phi) is 4.19. The molecule has 6 nitrogen and oxygen atoms in total. The van der Waals surface area contributed by atoms with E-state index in [-0.39, 0.29) is 5.95 Å². The van der Waals surface area contributed by atoms with E-state index in [1.165, 1.54) is 23.3 Å². The third-order valence-corrected chi connectivity index (χ3v) is 4.62. The summed E-state index contributed by atoms with van der Waals surface area (Å²) >= 11 is 1.75. The lowest BCUT2D eigenvalue weighted by Gasteiger charge is -2.16. The van der Waals surface area contributed by atoms with Crippen LogP contribution < -0.4 is 16.0 Å². The molecule has 1 aliphatic rings. The highest BCUT2D eigenvalue weighted by Crippen LogP contribution is 2.20. The Morgan fingerprint density at radius 2 is 2.10 bits per heavy atom. The number of rotatable bonds is 5. The van der Waals surface area contributed by atoms with Gasteiger partial charge in [0, 0.05) is 18.0 Å². The Bertz CT molecular complexity index is 605. The van der Waals surface area contributed by atoms with Crippen molar-refractivity contribution < 1.29 is 0 Å². The lowest BCUT2D eigenvalue weighted by molar-refractivity contribution is 0.881. The van der Waals surface area contributed by atoms with E-state index in [2.05, 4.69) is 43.5 Å². The molecule has 0 aliphatic carbocycles. The number of nitrogen functional groups attached to an aromatic ring is 1. The molecule has 0 bridgehead atoms. The van der Waals surface area contributed by atoms with E-state index in [9.17, 15) is 0 Å². The summed E-state index contributed by atoms with van der Waals surface area (Å²) in [6.45, 7) is 4.88. The number of anilines is 3. The summed E-state index contributed by atoms with van der Waals surface area (Å²) in [6.07, 6.45) is 3.41. The zero-order valence-electron chi connectivity index (χ0n) is 12.2. The molecule has 0 saturated carbocycles. The van der Waals surface area contributed by atoms with Gasteiger partial charge in [-0.3, -0.25) is 0 Å². The van der Waals surface area contributed by atoms with Gasteiger partial charge in [-0.2, -0.15) is 15.0 Å². The Morgan fingerprint density at radius 1 is 1.29 bits per heavy atom. The predicted octanol–water partition coefficient (Wildman–Crippen LogP) is 2.29. The molecular weight excluding hydrogens is 284 g/mol. The molecule has 0 aromatic carbocycles. The number of hydrogen-bond donors (Lipinski definition) is 2. The van der Waals surface area contributed by atoms with E-state index < -0.39 is 0 Å². The van der Waals surface area contributed by atoms with E-state index in [4.69, 9.17) is 5.73 Å². The number of nitrogens with zero attached hydrogens (tertiary/aromatic N) is 4. The number of thiophene rings is 1. The summed E-state index contributed by atoms with van der Waals surface area (Å²) in [7, 11) is 0. The minimum Gasteiger partial charge on any atom is -0.368 e. The van der Waals surface area contributed by atoms with Crippen molar-refractivity contribution in [2.24, 2.45) is 0 Å². The highest BCUT2D eigenvalue weighted by Gasteiger charge is 2.16. The minimum atomic E-state index is 0.274. The maximum absolute atomic E-state index is 5.81. The van der Waals surface area contributed by atoms with Crippen LogP contribution in [0, 0.1) is 0 Å². The molecule has 0 unspecified atom stereocenters. The molecule has 2 aromatic rings. The number of aryl methyl sites for hydroxylation is 1. The van der Waals surface area contributed by atoms with Gasteiger partial charge in [-0.25, -0.2) is 0 Å². The fraction of sp³-hybridized carbons (Fsp3) is 0.500. The van der Waals surface area contributed by atoms with E-state index >= 15 is 0 Å². The van der Waals surface area contributed by atoms with Crippen LogP contribution in [0.5, 0.6) is 0 Å². The van der Waals surface area contributed by atoms with Crippen LogP contribution in [0.2, 0.25) is 0 Å². The number of hydrogen-bond acceptors (Lipinski definition) is 7. The topological polar surface area (TPSA) is 80.0 Å². The molecule has 1 aliphatic heterocycles. The number of nitrogens with two attached hydrogens (primary N) is 1. The van der Waals surface area contributed by atoms with E-state index in [1.807, 2.05) is 0 Å². The second kappa shape index (κ2) is 6.26. The van der Waals surface area contributed by atoms with Gasteiger partial charge < -0.3 is 16.0 Å². The maximum Gasteiger partial charge on any atom is 0.231 e. The van der Waals surface area contributed by atoms with Gasteiger partial charge in [0.25, 0.3) is 0 Å². The fourth-order valence-corrected chi connectivity index (χ4v) is 3.43. The van der Waals surface area contributed by atoms with Crippen molar-refractivity contribution in [2.75, 3.05) is 29.0 Å². The Hall–Kier alpha value is -1.89. The molecule has 3 heterocycles. The van der Waals surface area contributed by atoms with Crippen LogP contribution in [0.15, 0.2) is 11.4 Å². The molecule has 1 fully saturated rings. The van der Waals surface area contributed by atoms with Crippen LogP contribution in [0.25, 0.3) is 0 Å². The zero-order valence-corrected chi connectivity index (χ0v) is 13.0. The van der Waals surface area contributed by atoms with Crippen molar-refractivity contribution in [1.82, 2.24) is 15.0 Å². The summed E-state index contributed by atoms with van der Waals surface area (Å²) < 4.78 is 0. The van der Waals surface area contributed by atoms with Crippen molar-refractivity contribution in [3.05, 3.63) is 21.9 Å². The number of nitrogens with one attached hydrogen (secondary N) is 1. The molecule has 3 N–H and O–H groups in total. The van der Waals surface area contributed by atoms with Gasteiger partial charge in [0.05, 0.1) is 6.54 Å². The first-order chi connectivity index (χ1) is 10.3. The molecule has 0 radical (unpaired) electrons. The van der Waals surface area contributed by atoms with Gasteiger partial charge >= 0.3 is 0 Å². The monoisotopic (exact) mass is 304 g/mol. The summed E-state index contributed by atoms with van der Waals surface area (Å²) in [5.41, 5.74) is 7.18. The third kappa shape index (κ3) is 3.24. The van der Waals surface area contributed by atoms with Gasteiger partial charge in [0.15, 0.2) is 0 Å². The standard InChI is InChI=1S/C14H20N6S/c1-2-10-5-8-21-11(10)9-16-13-17-12(15)18-14(19-13)20-6-3-4-7-20/h5,8H,2-4,6-7,9H2,1H3,(H3,15,16,17,18,19). The first-order valence-corrected chi connectivity index (χ1v) is 8.20. The van der Waals surface area contributed by atoms with Crippen molar-refractivity contribution in [3.8, 4) is 0 Å². The average molecular weight is 304 g/mol. The number of aromatic nitrogens is 3. The van der Waals surface area contributed by atoms with Crippen LogP contribution in [0.4, 0.5) is 17.8 Å². The Morgan fingerprint density at radius 3 is 2.86 bits per heavy atom. The van der Waals surface area contributed by atoms with Crippen LogP contribution in [0.3, 0.4) is 0 Å². The van der Waals surface area contributed by atoms with Crippen LogP contribution in [-0.4, -0.2) is 28.0 Å². The van der Waals surface area contributed by atoms with Gasteiger partial charge in [-0.05, 0) is 36.3 Å². The summed E-state index contributed by atoms with van der Waals surface area (Å²) in [5.74, 6) is 1.51. The molecular formula is C14H20N6S. The SMILES string of the molecule is CCc1ccsc1CNc1nc(N)nc(N2CCCC2)n1. The molecule has 112 valence electrons. The Balaban J connectivity index is 1.73. The van der Waals surface area contributed by atoms with Gasteiger partial charge in [-0.1, -0.05) is 6.92 Å². The summed E-state index contributed by atoms with van der Waals surface area (Å²) in [4.78, 5) is 16.4. The van der Waals surface area contributed by atoms with E-state index in [1.54, 1.807) is 11.3 Å². The van der Waals surface area contributed by atoms with Crippen molar-refractivity contribution in [3.63, 3.8) is 0 Å². The highest BCUT2D eigenvalue weighted by atomic mass is 32.1. The lowest BCUT2D eigenvalue weighted by atomic mass is 10.2. The second-order valence-corrected chi connectivity index (χ2v) is 6.09. The van der Waals surface area contributed by atoms with Crippen LogP contribution in [0.1, 0.15) is 30.2 Å². The van der Waals surface area contributed by atoms with Crippen LogP contribution >= 0.6 is 11.3 Å². The van der Waals surface area contributed by atoms with E-state index in [0.717, 1.165) is 26.1 Å². The maximum atomic E-state index is 5.81. The third-order valence-electron chi connectivity index (χ3n) is 3.66. The molecule has 2 aromatic heterocycles. The molecule has 3 rings (SSSR count). The predicted molar refractivity (Wildman–Crippen MR) is 86.7 cm³/mol. The van der Waals surface area contributed by atoms with E-state index in [0.29, 0.717) is 11.9 Å². The molecule has 0 spiro atoms. The zero-order chi connectivity index (χ0) is 14.7. The van der Waals surface area contributed by atoms with Gasteiger partial charge in [0.1, 0.15) is 0 Å². The first-order valence-electron chi connectivity index (χ1n) is 7.32. The lowest BCUT2D eigenvalue weighted by Crippen LogP contribution is -2.22. The van der Waals surface area contributed by atoms with Crippen LogP contribution in [-0.2, 0) is 13.0 Å². The average Bonchev–Trinajstić information content (AvgIpc) is 3.15. The van der Waals surface area contributed by atoms with Crippen molar-refractivity contribution in [2.45, 2.75) is 32.7 Å².